The molecule has 0 bridgehead atoms. The lowest BCUT2D eigenvalue weighted by atomic mass is 10.2. The monoisotopic (exact) mass is 467 g/mol. The van der Waals surface area contributed by atoms with Crippen molar-refractivity contribution in [1.29, 1.82) is 0 Å². The fraction of sp³-hybridized carbons (Fsp3) is 0.176. The fourth-order valence-electron chi connectivity index (χ4n) is 2.75. The van der Waals surface area contributed by atoms with Crippen molar-refractivity contribution in [2.75, 3.05) is 11.9 Å². The number of nitrogens with one attached hydrogen (secondary N) is 1. The maximum absolute atomic E-state index is 12.9. The predicted molar refractivity (Wildman–Crippen MR) is 104 cm³/mol. The smallest absolute Gasteiger partial charge is 0.260 e. The molecule has 4 rings (SSSR count). The molecule has 0 fully saturated rings. The summed E-state index contributed by atoms with van der Waals surface area (Å²) in [6, 6.07) is 8.14. The molecule has 27 heavy (non-hydrogen) atoms. The molecule has 10 heteroatoms. The second-order valence-corrected chi connectivity index (χ2v) is 9.83. The van der Waals surface area contributed by atoms with Gasteiger partial charge in [0.05, 0.1) is 29.0 Å². The first-order chi connectivity index (χ1) is 12.9. The van der Waals surface area contributed by atoms with E-state index in [1.165, 1.54) is 28.2 Å². The van der Waals surface area contributed by atoms with Gasteiger partial charge in [0, 0.05) is 22.3 Å². The summed E-state index contributed by atoms with van der Waals surface area (Å²) in [5, 5.41) is 3.18. The highest BCUT2D eigenvalue weighted by Gasteiger charge is 2.30. The van der Waals surface area contributed by atoms with Crippen LogP contribution in [0, 0.1) is 0 Å². The first kappa shape index (κ1) is 18.4. The summed E-state index contributed by atoms with van der Waals surface area (Å²) in [6.45, 7) is 0.594. The average molecular weight is 468 g/mol. The van der Waals surface area contributed by atoms with Crippen molar-refractivity contribution in [3.8, 4) is 0 Å². The van der Waals surface area contributed by atoms with Crippen molar-refractivity contribution >= 4 is 48.3 Å². The molecule has 0 unspecified atom stereocenters. The first-order valence-electron chi connectivity index (χ1n) is 8.01. The predicted octanol–water partition coefficient (Wildman–Crippen LogP) is 3.50. The quantitative estimate of drug-likeness (QED) is 0.633. The molecule has 0 saturated carbocycles. The lowest BCUT2D eigenvalue weighted by Gasteiger charge is -2.25. The number of thiazole rings is 1. The number of sulfonamides is 1. The molecule has 1 aromatic carbocycles. The molecule has 7 nitrogen and oxygen atoms in total. The largest absolute Gasteiger partial charge is 0.472 e. The third-order valence-electron chi connectivity index (χ3n) is 4.15. The van der Waals surface area contributed by atoms with Crippen LogP contribution in [0.3, 0.4) is 0 Å². The van der Waals surface area contributed by atoms with E-state index in [9.17, 15) is 13.2 Å². The van der Waals surface area contributed by atoms with Crippen LogP contribution in [0.1, 0.15) is 20.9 Å². The number of hydrogen-bond acceptors (Lipinski definition) is 6. The molecular formula is C17H14BrN3O4S2. The fourth-order valence-corrected chi connectivity index (χ4v) is 5.52. The third kappa shape index (κ3) is 3.70. The summed E-state index contributed by atoms with van der Waals surface area (Å²) in [7, 11) is -3.58. The van der Waals surface area contributed by atoms with E-state index in [4.69, 9.17) is 4.42 Å². The van der Waals surface area contributed by atoms with E-state index < -0.39 is 10.0 Å². The van der Waals surface area contributed by atoms with Gasteiger partial charge in [-0.3, -0.25) is 10.1 Å². The van der Waals surface area contributed by atoms with Gasteiger partial charge < -0.3 is 4.42 Å². The standard InChI is InChI=1S/C17H14BrN3O4S2/c18-12-1-3-13(4-2-12)27(23,24)21-7-5-14-15(9-21)26-17(19-14)20-16(22)11-6-8-25-10-11/h1-4,6,8,10H,5,7,9H2,(H,19,20,22). The summed E-state index contributed by atoms with van der Waals surface area (Å²) in [5.41, 5.74) is 1.23. The van der Waals surface area contributed by atoms with Crippen LogP contribution < -0.4 is 5.32 Å². The number of anilines is 1. The SMILES string of the molecule is O=C(Nc1nc2c(s1)CN(S(=O)(=O)c1ccc(Br)cc1)CC2)c1ccoc1. The summed E-state index contributed by atoms with van der Waals surface area (Å²) in [5.74, 6) is -0.311. The molecule has 0 saturated heterocycles. The molecule has 1 aliphatic rings. The molecule has 1 amide bonds. The summed E-state index contributed by atoms with van der Waals surface area (Å²) in [6.07, 6.45) is 3.28. The Hall–Kier alpha value is -2.01. The maximum Gasteiger partial charge on any atom is 0.260 e. The topological polar surface area (TPSA) is 92.5 Å². The Morgan fingerprint density at radius 3 is 2.74 bits per heavy atom. The second kappa shape index (κ2) is 7.19. The van der Waals surface area contributed by atoms with E-state index in [1.54, 1.807) is 30.3 Å². The van der Waals surface area contributed by atoms with Gasteiger partial charge in [0.25, 0.3) is 5.91 Å². The van der Waals surface area contributed by atoms with Crippen LogP contribution >= 0.6 is 27.3 Å². The Balaban J connectivity index is 1.52. The highest BCUT2D eigenvalue weighted by Crippen LogP contribution is 2.31. The molecular weight excluding hydrogens is 454 g/mol. The molecule has 0 atom stereocenters. The molecule has 0 aliphatic carbocycles. The minimum absolute atomic E-state index is 0.243. The van der Waals surface area contributed by atoms with Crippen molar-refractivity contribution in [3.63, 3.8) is 0 Å². The Morgan fingerprint density at radius 2 is 2.04 bits per heavy atom. The van der Waals surface area contributed by atoms with Crippen LogP contribution in [0.5, 0.6) is 0 Å². The number of rotatable bonds is 4. The zero-order valence-corrected chi connectivity index (χ0v) is 17.1. The Morgan fingerprint density at radius 1 is 1.26 bits per heavy atom. The highest BCUT2D eigenvalue weighted by atomic mass is 79.9. The van der Waals surface area contributed by atoms with E-state index in [2.05, 4.69) is 26.2 Å². The number of aromatic nitrogens is 1. The van der Waals surface area contributed by atoms with Crippen molar-refractivity contribution in [2.24, 2.45) is 0 Å². The van der Waals surface area contributed by atoms with E-state index in [0.29, 0.717) is 23.7 Å². The lowest BCUT2D eigenvalue weighted by Crippen LogP contribution is -2.35. The van der Waals surface area contributed by atoms with Crippen LogP contribution in [-0.2, 0) is 23.0 Å². The van der Waals surface area contributed by atoms with Gasteiger partial charge in [0.15, 0.2) is 5.13 Å². The van der Waals surface area contributed by atoms with Gasteiger partial charge in [0.2, 0.25) is 10.0 Å². The zero-order valence-electron chi connectivity index (χ0n) is 13.9. The molecule has 3 heterocycles. The molecule has 3 aromatic rings. The van der Waals surface area contributed by atoms with Crippen molar-refractivity contribution in [3.05, 3.63) is 63.5 Å². The summed E-state index contributed by atoms with van der Waals surface area (Å²) in [4.78, 5) is 17.6. The van der Waals surface area contributed by atoms with Gasteiger partial charge in [0.1, 0.15) is 6.26 Å². The second-order valence-electron chi connectivity index (χ2n) is 5.90. The molecule has 2 aromatic heterocycles. The molecule has 0 spiro atoms. The van der Waals surface area contributed by atoms with Crippen molar-refractivity contribution < 1.29 is 17.6 Å². The van der Waals surface area contributed by atoms with Crippen LogP contribution in [-0.4, -0.2) is 30.2 Å². The van der Waals surface area contributed by atoms with Gasteiger partial charge in [-0.05, 0) is 30.3 Å². The summed E-state index contributed by atoms with van der Waals surface area (Å²) < 4.78 is 32.9. The minimum Gasteiger partial charge on any atom is -0.472 e. The Labute approximate surface area is 168 Å². The number of nitrogens with zero attached hydrogens (tertiary/aromatic N) is 2. The number of carbonyl (C=O) groups excluding carboxylic acids is 1. The Bertz CT molecular complexity index is 1080. The third-order valence-corrected chi connectivity index (χ3v) is 7.54. The van der Waals surface area contributed by atoms with Crippen molar-refractivity contribution in [2.45, 2.75) is 17.9 Å². The Kier molecular flexibility index (Phi) is 4.89. The van der Waals surface area contributed by atoms with Crippen LogP contribution in [0.2, 0.25) is 0 Å². The normalized spacial score (nSPS) is 14.7. The molecule has 1 N–H and O–H groups in total. The molecule has 140 valence electrons. The number of fused-ring (bicyclic) bond motifs is 1. The average Bonchev–Trinajstić information content (AvgIpc) is 3.30. The number of benzene rings is 1. The van der Waals surface area contributed by atoms with Crippen molar-refractivity contribution in [1.82, 2.24) is 9.29 Å². The van der Waals surface area contributed by atoms with E-state index >= 15 is 0 Å². The number of amides is 1. The van der Waals surface area contributed by atoms with Gasteiger partial charge in [-0.15, -0.1) is 11.3 Å². The van der Waals surface area contributed by atoms with Crippen LogP contribution in [0.25, 0.3) is 0 Å². The highest BCUT2D eigenvalue weighted by molar-refractivity contribution is 9.10. The van der Waals surface area contributed by atoms with E-state index in [0.717, 1.165) is 15.0 Å². The van der Waals surface area contributed by atoms with E-state index in [-0.39, 0.29) is 17.3 Å². The molecule has 0 radical (unpaired) electrons. The number of hydrogen-bond donors (Lipinski definition) is 1. The maximum atomic E-state index is 12.9. The van der Waals surface area contributed by atoms with E-state index in [1.807, 2.05) is 0 Å². The van der Waals surface area contributed by atoms with Gasteiger partial charge >= 0.3 is 0 Å². The lowest BCUT2D eigenvalue weighted by molar-refractivity contribution is 0.102. The first-order valence-corrected chi connectivity index (χ1v) is 11.1. The zero-order chi connectivity index (χ0) is 19.0. The minimum atomic E-state index is -3.58. The molecule has 1 aliphatic heterocycles. The number of furan rings is 1. The van der Waals surface area contributed by atoms with Gasteiger partial charge in [-0.25, -0.2) is 13.4 Å². The number of halogens is 1. The van der Waals surface area contributed by atoms with Crippen LogP contribution in [0.15, 0.2) is 56.6 Å². The number of carbonyl (C=O) groups is 1. The van der Waals surface area contributed by atoms with Gasteiger partial charge in [-0.2, -0.15) is 4.31 Å². The van der Waals surface area contributed by atoms with Crippen LogP contribution in [0.4, 0.5) is 5.13 Å². The van der Waals surface area contributed by atoms with Gasteiger partial charge in [-0.1, -0.05) is 15.9 Å². The summed E-state index contributed by atoms with van der Waals surface area (Å²) >= 11 is 4.60.